The van der Waals surface area contributed by atoms with E-state index in [0.29, 0.717) is 6.04 Å². The molecule has 1 N–H and O–H groups in total. The van der Waals surface area contributed by atoms with Gasteiger partial charge in [-0.25, -0.2) is 0 Å². The third-order valence-electron chi connectivity index (χ3n) is 4.38. The molecule has 0 amide bonds. The maximum atomic E-state index is 5.40. The lowest BCUT2D eigenvalue weighted by atomic mass is 9.94. The van der Waals surface area contributed by atoms with E-state index in [0.717, 1.165) is 18.2 Å². The van der Waals surface area contributed by atoms with Crippen LogP contribution in [0.1, 0.15) is 18.4 Å². The van der Waals surface area contributed by atoms with Gasteiger partial charge in [-0.15, -0.1) is 0 Å². The molecule has 2 aliphatic heterocycles. The Morgan fingerprint density at radius 3 is 3.00 bits per heavy atom. The fourth-order valence-corrected chi connectivity index (χ4v) is 3.31. The Kier molecular flexibility index (Phi) is 3.52. The molecule has 2 fully saturated rings. The Morgan fingerprint density at radius 1 is 1.28 bits per heavy atom. The van der Waals surface area contributed by atoms with Crippen LogP contribution < -0.4 is 10.1 Å². The summed E-state index contributed by atoms with van der Waals surface area (Å²) in [5, 5.41) is 3.73. The fourth-order valence-electron chi connectivity index (χ4n) is 3.31. The zero-order valence-electron chi connectivity index (χ0n) is 11.1. The van der Waals surface area contributed by atoms with E-state index in [-0.39, 0.29) is 0 Å². The molecule has 3 atom stereocenters. The van der Waals surface area contributed by atoms with Gasteiger partial charge in [0.25, 0.3) is 0 Å². The number of piperidine rings is 1. The summed E-state index contributed by atoms with van der Waals surface area (Å²) >= 11 is 0. The monoisotopic (exact) mass is 246 g/mol. The first-order valence-electron chi connectivity index (χ1n) is 6.94. The summed E-state index contributed by atoms with van der Waals surface area (Å²) in [6, 6.07) is 8.98. The Bertz CT molecular complexity index is 407. The van der Waals surface area contributed by atoms with Crippen molar-refractivity contribution in [1.29, 1.82) is 0 Å². The van der Waals surface area contributed by atoms with E-state index in [1.807, 2.05) is 12.1 Å². The van der Waals surface area contributed by atoms with Gasteiger partial charge < -0.3 is 15.0 Å². The summed E-state index contributed by atoms with van der Waals surface area (Å²) in [6.45, 7) is 4.78. The lowest BCUT2D eigenvalue weighted by molar-refractivity contribution is 0.220. The summed E-state index contributed by atoms with van der Waals surface area (Å²) in [6.07, 6.45) is 2.66. The molecule has 1 aromatic carbocycles. The number of nitrogens with one attached hydrogen (secondary N) is 1. The van der Waals surface area contributed by atoms with Gasteiger partial charge in [-0.2, -0.15) is 0 Å². The third kappa shape index (κ3) is 2.38. The van der Waals surface area contributed by atoms with Crippen molar-refractivity contribution in [3.05, 3.63) is 29.8 Å². The number of benzene rings is 1. The van der Waals surface area contributed by atoms with Crippen molar-refractivity contribution in [2.75, 3.05) is 26.7 Å². The normalized spacial score (nSPS) is 30.4. The lowest BCUT2D eigenvalue weighted by Gasteiger charge is -2.31. The van der Waals surface area contributed by atoms with Gasteiger partial charge in [0.1, 0.15) is 5.75 Å². The highest BCUT2D eigenvalue weighted by molar-refractivity contribution is 5.33. The minimum atomic E-state index is 0.689. The molecule has 2 saturated heterocycles. The first-order valence-corrected chi connectivity index (χ1v) is 6.94. The minimum absolute atomic E-state index is 0.689. The van der Waals surface area contributed by atoms with Crippen molar-refractivity contribution in [3.8, 4) is 5.75 Å². The van der Waals surface area contributed by atoms with Crippen LogP contribution in [-0.2, 0) is 6.54 Å². The Balaban J connectivity index is 1.60. The molecule has 3 heteroatoms. The van der Waals surface area contributed by atoms with Crippen LogP contribution in [0, 0.1) is 5.92 Å². The van der Waals surface area contributed by atoms with Crippen molar-refractivity contribution in [1.82, 2.24) is 10.2 Å². The van der Waals surface area contributed by atoms with Crippen LogP contribution in [0.3, 0.4) is 0 Å². The standard InChI is InChI=1S/C15H22N2O/c1-18-15-5-3-2-4-12(15)10-16-14-7-9-17-8-6-13(14)11-17/h2-5,13-14,16H,6-11H2,1H3. The van der Waals surface area contributed by atoms with Gasteiger partial charge in [0.2, 0.25) is 0 Å². The number of hydrogen-bond acceptors (Lipinski definition) is 3. The molecule has 0 aromatic heterocycles. The molecule has 2 bridgehead atoms. The number of methoxy groups -OCH3 is 1. The van der Waals surface area contributed by atoms with Gasteiger partial charge in [-0.3, -0.25) is 0 Å². The predicted molar refractivity (Wildman–Crippen MR) is 72.8 cm³/mol. The largest absolute Gasteiger partial charge is 0.496 e. The van der Waals surface area contributed by atoms with Crippen molar-refractivity contribution in [3.63, 3.8) is 0 Å². The maximum absolute atomic E-state index is 5.40. The SMILES string of the molecule is COc1ccccc1CNC1CCN2CCC1C2. The van der Waals surface area contributed by atoms with Gasteiger partial charge in [0.15, 0.2) is 0 Å². The molecule has 3 rings (SSSR count). The van der Waals surface area contributed by atoms with E-state index in [4.69, 9.17) is 4.74 Å². The molecule has 3 unspecified atom stereocenters. The first-order chi connectivity index (χ1) is 8.86. The molecule has 0 spiro atoms. The van der Waals surface area contributed by atoms with E-state index < -0.39 is 0 Å². The highest BCUT2D eigenvalue weighted by Crippen LogP contribution is 2.27. The highest BCUT2D eigenvalue weighted by atomic mass is 16.5. The van der Waals surface area contributed by atoms with Crippen LogP contribution in [0.5, 0.6) is 5.75 Å². The molecule has 98 valence electrons. The molecule has 3 nitrogen and oxygen atoms in total. The molecule has 18 heavy (non-hydrogen) atoms. The van der Waals surface area contributed by atoms with E-state index in [1.165, 1.54) is 38.0 Å². The smallest absolute Gasteiger partial charge is 0.123 e. The molecule has 0 aliphatic carbocycles. The third-order valence-corrected chi connectivity index (χ3v) is 4.38. The Labute approximate surface area is 109 Å². The minimum Gasteiger partial charge on any atom is -0.496 e. The van der Waals surface area contributed by atoms with Crippen molar-refractivity contribution < 1.29 is 4.74 Å². The van der Waals surface area contributed by atoms with Gasteiger partial charge >= 0.3 is 0 Å². The van der Waals surface area contributed by atoms with Gasteiger partial charge in [-0.1, -0.05) is 18.2 Å². The van der Waals surface area contributed by atoms with Crippen LogP contribution in [0.25, 0.3) is 0 Å². The summed E-state index contributed by atoms with van der Waals surface area (Å²) in [4.78, 5) is 2.59. The average molecular weight is 246 g/mol. The number of ether oxygens (including phenoxy) is 1. The van der Waals surface area contributed by atoms with E-state index in [1.54, 1.807) is 7.11 Å². The summed E-state index contributed by atoms with van der Waals surface area (Å²) in [5.41, 5.74) is 1.26. The second-order valence-electron chi connectivity index (χ2n) is 5.44. The van der Waals surface area contributed by atoms with Crippen molar-refractivity contribution in [2.45, 2.75) is 25.4 Å². The molecule has 2 aliphatic rings. The lowest BCUT2D eigenvalue weighted by Crippen LogP contribution is -2.43. The number of rotatable bonds is 4. The average Bonchev–Trinajstić information content (AvgIpc) is 2.81. The Morgan fingerprint density at radius 2 is 2.11 bits per heavy atom. The van der Waals surface area contributed by atoms with Gasteiger partial charge in [0, 0.05) is 24.7 Å². The van der Waals surface area contributed by atoms with Crippen LogP contribution in [0.2, 0.25) is 0 Å². The number of nitrogens with zero attached hydrogens (tertiary/aromatic N) is 1. The van der Waals surface area contributed by atoms with Crippen LogP contribution in [0.4, 0.5) is 0 Å². The topological polar surface area (TPSA) is 24.5 Å². The first kappa shape index (κ1) is 12.0. The van der Waals surface area contributed by atoms with Crippen molar-refractivity contribution >= 4 is 0 Å². The number of hydrogen-bond donors (Lipinski definition) is 1. The Hall–Kier alpha value is -1.06. The molecule has 1 aromatic rings. The highest BCUT2D eigenvalue weighted by Gasteiger charge is 2.33. The number of fused-ring (bicyclic) bond motifs is 2. The maximum Gasteiger partial charge on any atom is 0.123 e. The van der Waals surface area contributed by atoms with Crippen LogP contribution in [-0.4, -0.2) is 37.7 Å². The predicted octanol–water partition coefficient (Wildman–Crippen LogP) is 1.88. The van der Waals surface area contributed by atoms with Crippen LogP contribution in [0.15, 0.2) is 24.3 Å². The second kappa shape index (κ2) is 5.29. The fraction of sp³-hybridized carbons (Fsp3) is 0.600. The number of para-hydroxylation sites is 1. The summed E-state index contributed by atoms with van der Waals surface area (Å²) in [7, 11) is 1.74. The quantitative estimate of drug-likeness (QED) is 0.878. The zero-order valence-corrected chi connectivity index (χ0v) is 11.1. The van der Waals surface area contributed by atoms with E-state index >= 15 is 0 Å². The van der Waals surface area contributed by atoms with E-state index in [2.05, 4.69) is 22.3 Å². The van der Waals surface area contributed by atoms with E-state index in [9.17, 15) is 0 Å². The van der Waals surface area contributed by atoms with Crippen LogP contribution >= 0.6 is 0 Å². The second-order valence-corrected chi connectivity index (χ2v) is 5.44. The molecular formula is C15H22N2O. The van der Waals surface area contributed by atoms with Gasteiger partial charge in [0.05, 0.1) is 7.11 Å². The molecule has 2 heterocycles. The molecule has 0 saturated carbocycles. The zero-order chi connectivity index (χ0) is 12.4. The summed E-state index contributed by atoms with van der Waals surface area (Å²) < 4.78 is 5.40. The van der Waals surface area contributed by atoms with Gasteiger partial charge in [-0.05, 0) is 37.9 Å². The van der Waals surface area contributed by atoms with Crippen molar-refractivity contribution in [2.24, 2.45) is 5.92 Å². The molecular weight excluding hydrogens is 224 g/mol. The summed E-state index contributed by atoms with van der Waals surface area (Å²) in [5.74, 6) is 1.85. The molecule has 0 radical (unpaired) electrons.